The number of halogens is 2. The summed E-state index contributed by atoms with van der Waals surface area (Å²) in [6.45, 7) is 5.66. The van der Waals surface area contributed by atoms with Gasteiger partial charge in [-0.2, -0.15) is 0 Å². The molecule has 0 bridgehead atoms. The lowest BCUT2D eigenvalue weighted by Crippen LogP contribution is -2.44. The third-order valence-electron chi connectivity index (χ3n) is 6.44. The highest BCUT2D eigenvalue weighted by Crippen LogP contribution is 2.29. The highest BCUT2D eigenvalue weighted by Gasteiger charge is 2.21. The number of carbonyl (C=O) groups excluding carboxylic acids is 1. The smallest absolute Gasteiger partial charge is 0.222 e. The molecule has 1 saturated heterocycles. The Kier molecular flexibility index (Phi) is 19.1. The maximum Gasteiger partial charge on any atom is 0.222 e. The van der Waals surface area contributed by atoms with E-state index in [9.17, 15) is 13.2 Å². The van der Waals surface area contributed by atoms with Crippen molar-refractivity contribution < 1.29 is 27.4 Å². The van der Waals surface area contributed by atoms with Crippen LogP contribution in [0.3, 0.4) is 0 Å². The Bertz CT molecular complexity index is 859. The Morgan fingerprint density at radius 3 is 2.38 bits per heavy atom. The molecule has 1 fully saturated rings. The van der Waals surface area contributed by atoms with Gasteiger partial charge in [0.05, 0.1) is 25.2 Å². The van der Waals surface area contributed by atoms with Gasteiger partial charge in [-0.3, -0.25) is 9.69 Å². The number of hydrogen-bond donors (Lipinski definition) is 1. The molecule has 11 heteroatoms. The zero-order valence-electron chi connectivity index (χ0n) is 22.5. The average Bonchev–Trinajstić information content (AvgIpc) is 2.84. The first-order valence-corrected chi connectivity index (χ1v) is 14.7. The first-order chi connectivity index (χ1) is 16.8. The number of amides is 1. The monoisotopic (exact) mass is 584 g/mol. The number of methoxy groups -OCH3 is 2. The molecule has 0 aromatic heterocycles. The molecule has 0 aliphatic carbocycles. The van der Waals surface area contributed by atoms with Crippen molar-refractivity contribution in [1.29, 1.82) is 0 Å². The Morgan fingerprint density at radius 2 is 1.70 bits per heavy atom. The van der Waals surface area contributed by atoms with E-state index in [0.717, 1.165) is 56.4 Å². The second-order valence-corrected chi connectivity index (χ2v) is 11.6. The van der Waals surface area contributed by atoms with Crippen LogP contribution in [-0.2, 0) is 25.8 Å². The predicted molar refractivity (Wildman–Crippen MR) is 154 cm³/mol. The van der Waals surface area contributed by atoms with Crippen LogP contribution in [-0.4, -0.2) is 84.3 Å². The first-order valence-electron chi connectivity index (χ1n) is 12.8. The van der Waals surface area contributed by atoms with Crippen LogP contribution in [0.15, 0.2) is 18.2 Å². The van der Waals surface area contributed by atoms with Gasteiger partial charge in [-0.1, -0.05) is 32.3 Å². The summed E-state index contributed by atoms with van der Waals surface area (Å²) >= 11 is 0. The molecular weight excluding hydrogens is 539 g/mol. The Balaban J connectivity index is 0.00000648. The Morgan fingerprint density at radius 1 is 1.00 bits per heavy atom. The summed E-state index contributed by atoms with van der Waals surface area (Å²) in [6.07, 6.45) is 7.09. The van der Waals surface area contributed by atoms with Crippen molar-refractivity contribution in [2.24, 2.45) is 5.92 Å². The van der Waals surface area contributed by atoms with Crippen LogP contribution in [0.4, 0.5) is 0 Å². The van der Waals surface area contributed by atoms with E-state index < -0.39 is 9.84 Å². The number of ether oxygens (including phenoxy) is 3. The van der Waals surface area contributed by atoms with E-state index in [2.05, 4.69) is 22.3 Å². The summed E-state index contributed by atoms with van der Waals surface area (Å²) in [5, 5.41) is 3.00. The van der Waals surface area contributed by atoms with Gasteiger partial charge in [-0.25, -0.2) is 8.42 Å². The molecule has 1 aliphatic heterocycles. The summed E-state index contributed by atoms with van der Waals surface area (Å²) in [5.41, 5.74) is 1.24. The fourth-order valence-electron chi connectivity index (χ4n) is 4.12. The number of nitrogens with one attached hydrogen (secondary N) is 1. The number of benzene rings is 1. The lowest BCUT2D eigenvalue weighted by atomic mass is 10.00. The van der Waals surface area contributed by atoms with Crippen molar-refractivity contribution in [3.8, 4) is 11.5 Å². The fraction of sp³-hybridized carbons (Fsp3) is 0.731. The maximum absolute atomic E-state index is 12.3. The Labute approximate surface area is 235 Å². The zero-order valence-corrected chi connectivity index (χ0v) is 25.0. The largest absolute Gasteiger partial charge is 0.493 e. The van der Waals surface area contributed by atoms with Crippen molar-refractivity contribution in [2.75, 3.05) is 65.1 Å². The molecule has 1 aliphatic rings. The summed E-state index contributed by atoms with van der Waals surface area (Å²) in [4.78, 5) is 14.4. The molecule has 1 N–H and O–H groups in total. The highest BCUT2D eigenvalue weighted by atomic mass is 35.5. The molecular formula is C26H46Cl2N2O6S. The molecule has 0 saturated carbocycles. The van der Waals surface area contributed by atoms with E-state index in [1.54, 1.807) is 14.2 Å². The SMILES string of the molecule is COCCCOc1cc(CCCCCC[C@@H](C)C(=O)NCCN2CCS(=O)(=O)CC2)ccc1OC.Cl.Cl. The lowest BCUT2D eigenvalue weighted by molar-refractivity contribution is -0.124. The molecule has 1 amide bonds. The first kappa shape index (κ1) is 35.7. The molecule has 1 heterocycles. The molecule has 2 rings (SSSR count). The van der Waals surface area contributed by atoms with Crippen LogP contribution >= 0.6 is 24.8 Å². The van der Waals surface area contributed by atoms with Gasteiger partial charge >= 0.3 is 0 Å². The van der Waals surface area contributed by atoms with Crippen LogP contribution in [0.5, 0.6) is 11.5 Å². The zero-order chi connectivity index (χ0) is 25.5. The van der Waals surface area contributed by atoms with Crippen molar-refractivity contribution in [2.45, 2.75) is 51.9 Å². The van der Waals surface area contributed by atoms with Crippen LogP contribution in [0.25, 0.3) is 0 Å². The van der Waals surface area contributed by atoms with Gasteiger partial charge in [0.15, 0.2) is 21.3 Å². The molecule has 1 aromatic carbocycles. The van der Waals surface area contributed by atoms with Crippen molar-refractivity contribution in [3.05, 3.63) is 23.8 Å². The summed E-state index contributed by atoms with van der Waals surface area (Å²) in [6, 6.07) is 6.13. The van der Waals surface area contributed by atoms with Gasteiger partial charge in [0.1, 0.15) is 0 Å². The third kappa shape index (κ3) is 14.5. The van der Waals surface area contributed by atoms with Crippen molar-refractivity contribution >= 4 is 40.6 Å². The quantitative estimate of drug-likeness (QED) is 0.277. The molecule has 1 atom stereocenters. The molecule has 37 heavy (non-hydrogen) atoms. The van der Waals surface area contributed by atoms with Gasteiger partial charge in [0, 0.05) is 52.2 Å². The second-order valence-electron chi connectivity index (χ2n) is 9.32. The molecule has 0 unspecified atom stereocenters. The second kappa shape index (κ2) is 19.8. The molecule has 0 spiro atoms. The molecule has 0 radical (unpaired) electrons. The van der Waals surface area contributed by atoms with Gasteiger partial charge in [-0.15, -0.1) is 24.8 Å². The number of hydrogen-bond acceptors (Lipinski definition) is 7. The summed E-state index contributed by atoms with van der Waals surface area (Å²) in [7, 11) is 0.484. The van der Waals surface area contributed by atoms with Gasteiger partial charge in [0.25, 0.3) is 0 Å². The van der Waals surface area contributed by atoms with Gasteiger partial charge in [-0.05, 0) is 37.0 Å². The third-order valence-corrected chi connectivity index (χ3v) is 8.05. The van der Waals surface area contributed by atoms with E-state index in [4.69, 9.17) is 14.2 Å². The van der Waals surface area contributed by atoms with E-state index in [0.29, 0.717) is 39.4 Å². The number of aryl methyl sites for hydroxylation is 1. The molecule has 1 aromatic rings. The minimum absolute atomic E-state index is 0. The normalized spacial score (nSPS) is 15.6. The summed E-state index contributed by atoms with van der Waals surface area (Å²) < 4.78 is 39.3. The fourth-order valence-corrected chi connectivity index (χ4v) is 5.40. The topological polar surface area (TPSA) is 94.2 Å². The van der Waals surface area contributed by atoms with Crippen molar-refractivity contribution in [3.63, 3.8) is 0 Å². The van der Waals surface area contributed by atoms with Crippen LogP contribution in [0.1, 0.15) is 51.0 Å². The molecule has 216 valence electrons. The standard InChI is InChI=1S/C26H44N2O6S.2ClH/c1-22(26(29)27-13-14-28-15-19-35(30,31)20-16-28)9-6-4-5-7-10-23-11-12-24(33-3)25(21-23)34-18-8-17-32-2;;/h11-12,21-22H,4-10,13-20H2,1-3H3,(H,27,29);2*1H/t22-;;/m1../s1. The van der Waals surface area contributed by atoms with Crippen molar-refractivity contribution in [1.82, 2.24) is 10.2 Å². The predicted octanol–water partition coefficient (Wildman–Crippen LogP) is 3.93. The van der Waals surface area contributed by atoms with Crippen LogP contribution in [0.2, 0.25) is 0 Å². The number of nitrogens with zero attached hydrogens (tertiary/aromatic N) is 1. The van der Waals surface area contributed by atoms with E-state index in [-0.39, 0.29) is 48.1 Å². The minimum Gasteiger partial charge on any atom is -0.493 e. The highest BCUT2D eigenvalue weighted by molar-refractivity contribution is 7.91. The maximum atomic E-state index is 12.3. The lowest BCUT2D eigenvalue weighted by Gasteiger charge is -2.26. The number of rotatable bonds is 17. The average molecular weight is 586 g/mol. The van der Waals surface area contributed by atoms with Gasteiger partial charge < -0.3 is 19.5 Å². The number of unbranched alkanes of at least 4 members (excludes halogenated alkanes) is 3. The van der Waals surface area contributed by atoms with Crippen LogP contribution < -0.4 is 14.8 Å². The Hall–Kier alpha value is -1.26. The summed E-state index contributed by atoms with van der Waals surface area (Å²) in [5.74, 6) is 2.06. The van der Waals surface area contributed by atoms with E-state index in [1.165, 1.54) is 5.56 Å². The minimum atomic E-state index is -2.86. The van der Waals surface area contributed by atoms with Gasteiger partial charge in [0.2, 0.25) is 5.91 Å². The van der Waals surface area contributed by atoms with Crippen LogP contribution in [0, 0.1) is 5.92 Å². The van der Waals surface area contributed by atoms with E-state index >= 15 is 0 Å². The van der Waals surface area contributed by atoms with E-state index in [1.807, 2.05) is 13.0 Å². The number of sulfone groups is 1. The molecule has 8 nitrogen and oxygen atoms in total. The number of carbonyl (C=O) groups is 1.